The third-order valence-electron chi connectivity index (χ3n) is 4.89. The maximum atomic E-state index is 12.2. The summed E-state index contributed by atoms with van der Waals surface area (Å²) in [7, 11) is -1.40. The average Bonchev–Trinajstić information content (AvgIpc) is 2.66. The second-order valence-corrected chi connectivity index (χ2v) is 10.8. The Bertz CT molecular complexity index is 722. The second-order valence-electron chi connectivity index (χ2n) is 7.90. The van der Waals surface area contributed by atoms with Crippen LogP contribution >= 0.6 is 0 Å². The number of benzene rings is 1. The van der Waals surface area contributed by atoms with Gasteiger partial charge >= 0.3 is 0 Å². The molecule has 1 N–H and O–H groups in total. The Kier molecular flexibility index (Phi) is 8.12. The second kappa shape index (κ2) is 10.1. The molecule has 0 aromatic heterocycles. The van der Waals surface area contributed by atoms with Crippen molar-refractivity contribution < 1.29 is 13.2 Å². The maximum absolute atomic E-state index is 12.2. The summed E-state index contributed by atoms with van der Waals surface area (Å²) in [5, 5.41) is 3.20. The Morgan fingerprint density at radius 2 is 1.79 bits per heavy atom. The number of sulfone groups is 1. The molecule has 7 nitrogen and oxygen atoms in total. The molecule has 0 spiro atoms. The molecule has 0 aliphatic carbocycles. The first kappa shape index (κ1) is 22.5. The first-order valence-corrected chi connectivity index (χ1v) is 11.5. The van der Waals surface area contributed by atoms with Crippen molar-refractivity contribution in [1.82, 2.24) is 15.1 Å². The molecular formula is C20H34N4O3S. The van der Waals surface area contributed by atoms with Crippen LogP contribution in [0.3, 0.4) is 0 Å². The zero-order valence-electron chi connectivity index (χ0n) is 17.5. The van der Waals surface area contributed by atoms with Gasteiger partial charge in [-0.05, 0) is 32.9 Å². The van der Waals surface area contributed by atoms with Gasteiger partial charge in [0, 0.05) is 46.3 Å². The Balaban J connectivity index is 1.70. The van der Waals surface area contributed by atoms with Crippen LogP contribution in [0.25, 0.3) is 0 Å². The molecule has 8 heteroatoms. The van der Waals surface area contributed by atoms with E-state index in [0.717, 1.165) is 44.4 Å². The fourth-order valence-corrected chi connectivity index (χ4v) is 3.91. The maximum Gasteiger partial charge on any atom is 0.193 e. The first-order chi connectivity index (χ1) is 13.2. The van der Waals surface area contributed by atoms with Crippen LogP contribution in [-0.2, 0) is 9.84 Å². The molecule has 0 saturated carbocycles. The predicted octanol–water partition coefficient (Wildman–Crippen LogP) is 1.47. The summed E-state index contributed by atoms with van der Waals surface area (Å²) >= 11 is 0. The van der Waals surface area contributed by atoms with Gasteiger partial charge in [0.25, 0.3) is 0 Å². The van der Waals surface area contributed by atoms with Crippen molar-refractivity contribution in [2.45, 2.75) is 25.5 Å². The molecule has 1 aromatic carbocycles. The lowest BCUT2D eigenvalue weighted by Gasteiger charge is -2.36. The quantitative estimate of drug-likeness (QED) is 0.542. The van der Waals surface area contributed by atoms with Crippen molar-refractivity contribution in [3.63, 3.8) is 0 Å². The molecule has 0 atom stereocenters. The number of piperazine rings is 1. The Morgan fingerprint density at radius 3 is 2.36 bits per heavy atom. The van der Waals surface area contributed by atoms with E-state index >= 15 is 0 Å². The van der Waals surface area contributed by atoms with Crippen LogP contribution in [0.2, 0.25) is 0 Å². The number of nitrogens with one attached hydrogen (secondary N) is 1. The van der Waals surface area contributed by atoms with Gasteiger partial charge in [0.1, 0.15) is 12.4 Å². The summed E-state index contributed by atoms with van der Waals surface area (Å²) in [5.41, 5.74) is 0. The van der Waals surface area contributed by atoms with E-state index < -0.39 is 14.6 Å². The zero-order chi connectivity index (χ0) is 20.6. The highest BCUT2D eigenvalue weighted by atomic mass is 32.2. The van der Waals surface area contributed by atoms with Crippen LogP contribution in [0.1, 0.15) is 20.8 Å². The van der Waals surface area contributed by atoms with Crippen LogP contribution in [-0.4, -0.2) is 87.6 Å². The molecular weight excluding hydrogens is 376 g/mol. The van der Waals surface area contributed by atoms with Crippen molar-refractivity contribution in [2.75, 3.05) is 58.7 Å². The Morgan fingerprint density at radius 1 is 1.14 bits per heavy atom. The van der Waals surface area contributed by atoms with E-state index in [4.69, 9.17) is 4.74 Å². The molecule has 158 valence electrons. The highest BCUT2D eigenvalue weighted by Gasteiger charge is 2.28. The minimum Gasteiger partial charge on any atom is -0.492 e. The molecule has 1 aromatic rings. The molecule has 0 unspecified atom stereocenters. The molecule has 1 fully saturated rings. The molecule has 0 amide bonds. The molecule has 1 saturated heterocycles. The summed E-state index contributed by atoms with van der Waals surface area (Å²) in [5.74, 6) is 1.77. The number of guanidine groups is 1. The standard InChI is InChI=1S/C20H34N4O3S/c1-20(2,3)28(25,26)17-10-22-19(21-4)24-13-11-23(12-14-24)15-16-27-18-8-6-5-7-9-18/h5-9H,10-17H2,1-4H3,(H,21,22). The van der Waals surface area contributed by atoms with Crippen LogP contribution in [0.5, 0.6) is 5.75 Å². The number of ether oxygens (including phenoxy) is 1. The molecule has 1 heterocycles. The molecule has 1 aliphatic heterocycles. The van der Waals surface area contributed by atoms with E-state index in [2.05, 4.69) is 20.1 Å². The van der Waals surface area contributed by atoms with Gasteiger partial charge in [-0.15, -0.1) is 0 Å². The van der Waals surface area contributed by atoms with E-state index in [1.165, 1.54) is 0 Å². The monoisotopic (exact) mass is 410 g/mol. The van der Waals surface area contributed by atoms with E-state index in [1.54, 1.807) is 27.8 Å². The van der Waals surface area contributed by atoms with Gasteiger partial charge in [0.15, 0.2) is 15.8 Å². The van der Waals surface area contributed by atoms with E-state index in [1.807, 2.05) is 30.3 Å². The van der Waals surface area contributed by atoms with Crippen molar-refractivity contribution in [1.29, 1.82) is 0 Å². The Hall–Kier alpha value is -1.80. The molecule has 28 heavy (non-hydrogen) atoms. The highest BCUT2D eigenvalue weighted by molar-refractivity contribution is 7.92. The Labute approximate surface area is 169 Å². The number of para-hydroxylation sites is 1. The number of rotatable bonds is 7. The van der Waals surface area contributed by atoms with Crippen LogP contribution in [0.15, 0.2) is 35.3 Å². The molecule has 1 aliphatic rings. The third kappa shape index (κ3) is 6.67. The third-order valence-corrected chi connectivity index (χ3v) is 7.50. The highest BCUT2D eigenvalue weighted by Crippen LogP contribution is 2.15. The SMILES string of the molecule is CN=C(NCCS(=O)(=O)C(C)(C)C)N1CCN(CCOc2ccccc2)CC1. The topological polar surface area (TPSA) is 74.2 Å². The van der Waals surface area contributed by atoms with E-state index in [-0.39, 0.29) is 5.75 Å². The van der Waals surface area contributed by atoms with Crippen molar-refractivity contribution in [2.24, 2.45) is 4.99 Å². The lowest BCUT2D eigenvalue weighted by molar-refractivity contribution is 0.152. The van der Waals surface area contributed by atoms with E-state index in [0.29, 0.717) is 13.2 Å². The average molecular weight is 411 g/mol. The van der Waals surface area contributed by atoms with Crippen LogP contribution in [0.4, 0.5) is 0 Å². The van der Waals surface area contributed by atoms with Crippen molar-refractivity contribution in [3.05, 3.63) is 30.3 Å². The lowest BCUT2D eigenvalue weighted by Crippen LogP contribution is -2.53. The minimum absolute atomic E-state index is 0.103. The van der Waals surface area contributed by atoms with Gasteiger partial charge in [-0.1, -0.05) is 18.2 Å². The largest absolute Gasteiger partial charge is 0.492 e. The number of hydrogen-bond acceptors (Lipinski definition) is 5. The van der Waals surface area contributed by atoms with Crippen LogP contribution < -0.4 is 10.1 Å². The van der Waals surface area contributed by atoms with Gasteiger partial charge in [0.05, 0.1) is 10.5 Å². The van der Waals surface area contributed by atoms with Gasteiger partial charge < -0.3 is 15.0 Å². The summed E-state index contributed by atoms with van der Waals surface area (Å²) < 4.78 is 29.5. The summed E-state index contributed by atoms with van der Waals surface area (Å²) in [6.45, 7) is 10.7. The van der Waals surface area contributed by atoms with Gasteiger partial charge in [0.2, 0.25) is 0 Å². The minimum atomic E-state index is -3.13. The van der Waals surface area contributed by atoms with Crippen LogP contribution in [0, 0.1) is 0 Å². The number of nitrogens with zero attached hydrogens (tertiary/aromatic N) is 3. The summed E-state index contributed by atoms with van der Waals surface area (Å²) in [6, 6.07) is 9.85. The summed E-state index contributed by atoms with van der Waals surface area (Å²) in [6.07, 6.45) is 0. The van der Waals surface area contributed by atoms with Crippen molar-refractivity contribution >= 4 is 15.8 Å². The summed E-state index contributed by atoms with van der Waals surface area (Å²) in [4.78, 5) is 8.86. The smallest absolute Gasteiger partial charge is 0.193 e. The molecule has 0 bridgehead atoms. The van der Waals surface area contributed by atoms with Crippen molar-refractivity contribution in [3.8, 4) is 5.75 Å². The fourth-order valence-electron chi connectivity index (χ4n) is 2.93. The first-order valence-electron chi connectivity index (χ1n) is 9.81. The normalized spacial score (nSPS) is 16.9. The lowest BCUT2D eigenvalue weighted by atomic mass is 10.3. The fraction of sp³-hybridized carbons (Fsp3) is 0.650. The van der Waals surface area contributed by atoms with Gasteiger partial charge in [-0.2, -0.15) is 0 Å². The number of aliphatic imine (C=N–C) groups is 1. The molecule has 0 radical (unpaired) electrons. The van der Waals surface area contributed by atoms with Gasteiger partial charge in [-0.25, -0.2) is 8.42 Å². The molecule has 2 rings (SSSR count). The number of hydrogen-bond donors (Lipinski definition) is 1. The zero-order valence-corrected chi connectivity index (χ0v) is 18.3. The van der Waals surface area contributed by atoms with Gasteiger partial charge in [-0.3, -0.25) is 9.89 Å². The predicted molar refractivity (Wildman–Crippen MR) is 115 cm³/mol. The van der Waals surface area contributed by atoms with E-state index in [9.17, 15) is 8.42 Å².